The van der Waals surface area contributed by atoms with Crippen LogP contribution >= 0.6 is 22.9 Å². The smallest absolute Gasteiger partial charge is 0.169 e. The van der Waals surface area contributed by atoms with Crippen molar-refractivity contribution in [3.8, 4) is 5.75 Å². The molecule has 2 aromatic heterocycles. The summed E-state index contributed by atoms with van der Waals surface area (Å²) in [5.74, 6) is 1.48. The lowest BCUT2D eigenvalue weighted by atomic mass is 10.2. The van der Waals surface area contributed by atoms with Crippen molar-refractivity contribution in [3.63, 3.8) is 0 Å². The van der Waals surface area contributed by atoms with Crippen LogP contribution in [0, 0.1) is 0 Å². The first kappa shape index (κ1) is 12.2. The predicted octanol–water partition coefficient (Wildman–Crippen LogP) is 3.98. The SMILES string of the molecule is COc1cccnc1NC(C)c1ccc(Cl)s1. The van der Waals surface area contributed by atoms with Gasteiger partial charge in [-0.2, -0.15) is 0 Å². The van der Waals surface area contributed by atoms with E-state index >= 15 is 0 Å². The van der Waals surface area contributed by atoms with Crippen molar-refractivity contribution in [1.29, 1.82) is 0 Å². The van der Waals surface area contributed by atoms with E-state index in [4.69, 9.17) is 16.3 Å². The van der Waals surface area contributed by atoms with E-state index in [-0.39, 0.29) is 6.04 Å². The summed E-state index contributed by atoms with van der Waals surface area (Å²) >= 11 is 7.48. The van der Waals surface area contributed by atoms with Gasteiger partial charge in [-0.15, -0.1) is 11.3 Å². The second-order valence-corrected chi connectivity index (χ2v) is 5.31. The molecular formula is C12H13ClN2OS. The first-order valence-electron chi connectivity index (χ1n) is 5.21. The fraction of sp³-hybridized carbons (Fsp3) is 0.250. The predicted molar refractivity (Wildman–Crippen MR) is 72.2 cm³/mol. The maximum Gasteiger partial charge on any atom is 0.169 e. The van der Waals surface area contributed by atoms with Crippen LogP contribution in [0.15, 0.2) is 30.5 Å². The third-order valence-electron chi connectivity index (χ3n) is 2.36. The van der Waals surface area contributed by atoms with E-state index in [1.165, 1.54) is 4.88 Å². The van der Waals surface area contributed by atoms with E-state index < -0.39 is 0 Å². The number of rotatable bonds is 4. The highest BCUT2D eigenvalue weighted by molar-refractivity contribution is 7.16. The number of halogens is 1. The van der Waals surface area contributed by atoms with Crippen LogP contribution in [-0.4, -0.2) is 12.1 Å². The molecule has 0 aliphatic carbocycles. The van der Waals surface area contributed by atoms with E-state index in [2.05, 4.69) is 17.2 Å². The molecule has 90 valence electrons. The Morgan fingerprint density at radius 3 is 2.88 bits per heavy atom. The van der Waals surface area contributed by atoms with E-state index in [0.29, 0.717) is 0 Å². The standard InChI is InChI=1S/C12H13ClN2OS/c1-8(10-5-6-11(13)17-10)15-12-9(16-2)4-3-7-14-12/h3-8H,1-2H3,(H,14,15). The Morgan fingerprint density at radius 2 is 2.24 bits per heavy atom. The van der Waals surface area contributed by atoms with Gasteiger partial charge in [0.1, 0.15) is 0 Å². The van der Waals surface area contributed by atoms with Crippen molar-refractivity contribution in [1.82, 2.24) is 4.98 Å². The van der Waals surface area contributed by atoms with Crippen molar-refractivity contribution < 1.29 is 4.74 Å². The average Bonchev–Trinajstić information content (AvgIpc) is 2.77. The minimum absolute atomic E-state index is 0.149. The number of thiophene rings is 1. The molecule has 17 heavy (non-hydrogen) atoms. The number of methoxy groups -OCH3 is 1. The molecule has 2 aromatic rings. The number of ether oxygens (including phenoxy) is 1. The lowest BCUT2D eigenvalue weighted by Gasteiger charge is -2.14. The van der Waals surface area contributed by atoms with E-state index in [1.54, 1.807) is 24.6 Å². The molecule has 1 N–H and O–H groups in total. The maximum absolute atomic E-state index is 5.92. The van der Waals surface area contributed by atoms with Gasteiger partial charge in [0.2, 0.25) is 0 Å². The Labute approximate surface area is 109 Å². The Kier molecular flexibility index (Phi) is 3.86. The average molecular weight is 269 g/mol. The van der Waals surface area contributed by atoms with Gasteiger partial charge in [-0.1, -0.05) is 11.6 Å². The molecule has 0 spiro atoms. The van der Waals surface area contributed by atoms with Gasteiger partial charge in [-0.25, -0.2) is 4.98 Å². The normalized spacial score (nSPS) is 12.2. The summed E-state index contributed by atoms with van der Waals surface area (Å²) in [5, 5.41) is 3.31. The summed E-state index contributed by atoms with van der Waals surface area (Å²) in [6.45, 7) is 2.07. The Balaban J connectivity index is 2.15. The largest absolute Gasteiger partial charge is 0.493 e. The topological polar surface area (TPSA) is 34.1 Å². The molecule has 0 aliphatic heterocycles. The monoisotopic (exact) mass is 268 g/mol. The highest BCUT2D eigenvalue weighted by Gasteiger charge is 2.11. The molecule has 3 nitrogen and oxygen atoms in total. The number of nitrogens with zero attached hydrogens (tertiary/aromatic N) is 1. The number of pyridine rings is 1. The highest BCUT2D eigenvalue weighted by Crippen LogP contribution is 2.30. The van der Waals surface area contributed by atoms with Gasteiger partial charge in [-0.3, -0.25) is 0 Å². The molecule has 2 heterocycles. The van der Waals surface area contributed by atoms with Crippen LogP contribution in [0.1, 0.15) is 17.8 Å². The van der Waals surface area contributed by atoms with E-state index in [0.717, 1.165) is 15.9 Å². The van der Waals surface area contributed by atoms with E-state index in [9.17, 15) is 0 Å². The van der Waals surface area contributed by atoms with Gasteiger partial charge < -0.3 is 10.1 Å². The zero-order valence-corrected chi connectivity index (χ0v) is 11.2. The molecule has 2 rings (SSSR count). The summed E-state index contributed by atoms with van der Waals surface area (Å²) in [5.41, 5.74) is 0. The van der Waals surface area contributed by atoms with Gasteiger partial charge in [0, 0.05) is 11.1 Å². The summed E-state index contributed by atoms with van der Waals surface area (Å²) < 4.78 is 6.03. The van der Waals surface area contributed by atoms with Gasteiger partial charge in [0.15, 0.2) is 11.6 Å². The van der Waals surface area contributed by atoms with Crippen LogP contribution in [0.5, 0.6) is 5.75 Å². The fourth-order valence-corrected chi connectivity index (χ4v) is 2.56. The fourth-order valence-electron chi connectivity index (χ4n) is 1.50. The van der Waals surface area contributed by atoms with Gasteiger partial charge in [0.25, 0.3) is 0 Å². The third-order valence-corrected chi connectivity index (χ3v) is 3.78. The number of anilines is 1. The first-order valence-corrected chi connectivity index (χ1v) is 6.41. The van der Waals surface area contributed by atoms with Crippen LogP contribution in [0.25, 0.3) is 0 Å². The molecule has 1 unspecified atom stereocenters. The summed E-state index contributed by atoms with van der Waals surface area (Å²) in [7, 11) is 1.63. The van der Waals surface area contributed by atoms with Crippen LogP contribution in [0.2, 0.25) is 4.34 Å². The molecule has 0 saturated carbocycles. The van der Waals surface area contributed by atoms with Crippen molar-refractivity contribution >= 4 is 28.8 Å². The molecule has 0 radical (unpaired) electrons. The molecule has 5 heteroatoms. The van der Waals surface area contributed by atoms with Crippen molar-refractivity contribution in [2.75, 3.05) is 12.4 Å². The van der Waals surface area contributed by atoms with Crippen LogP contribution in [-0.2, 0) is 0 Å². The zero-order valence-electron chi connectivity index (χ0n) is 9.61. The minimum Gasteiger partial charge on any atom is -0.493 e. The molecule has 0 aromatic carbocycles. The molecular weight excluding hydrogens is 256 g/mol. The number of aromatic nitrogens is 1. The summed E-state index contributed by atoms with van der Waals surface area (Å²) in [6.07, 6.45) is 1.74. The zero-order chi connectivity index (χ0) is 12.3. The number of hydrogen-bond donors (Lipinski definition) is 1. The van der Waals surface area contributed by atoms with Crippen LogP contribution < -0.4 is 10.1 Å². The summed E-state index contributed by atoms with van der Waals surface area (Å²) in [4.78, 5) is 5.43. The van der Waals surface area contributed by atoms with Crippen molar-refractivity contribution in [3.05, 3.63) is 39.7 Å². The quantitative estimate of drug-likeness (QED) is 0.911. The highest BCUT2D eigenvalue weighted by atomic mass is 35.5. The van der Waals surface area contributed by atoms with Crippen molar-refractivity contribution in [2.24, 2.45) is 0 Å². The van der Waals surface area contributed by atoms with Gasteiger partial charge in [0.05, 0.1) is 17.5 Å². The molecule has 1 atom stereocenters. The second kappa shape index (κ2) is 5.38. The van der Waals surface area contributed by atoms with Crippen LogP contribution in [0.3, 0.4) is 0 Å². The molecule has 0 amide bonds. The maximum atomic E-state index is 5.92. The Bertz CT molecular complexity index is 501. The second-order valence-electron chi connectivity index (χ2n) is 3.56. The van der Waals surface area contributed by atoms with Crippen LogP contribution in [0.4, 0.5) is 5.82 Å². The van der Waals surface area contributed by atoms with E-state index in [1.807, 2.05) is 24.3 Å². The van der Waals surface area contributed by atoms with Crippen molar-refractivity contribution in [2.45, 2.75) is 13.0 Å². The Morgan fingerprint density at radius 1 is 1.41 bits per heavy atom. The van der Waals surface area contributed by atoms with Gasteiger partial charge in [-0.05, 0) is 31.2 Å². The first-order chi connectivity index (χ1) is 8.20. The molecule has 0 fully saturated rings. The molecule has 0 bridgehead atoms. The number of nitrogens with one attached hydrogen (secondary N) is 1. The lowest BCUT2D eigenvalue weighted by molar-refractivity contribution is 0.414. The molecule has 0 aliphatic rings. The Hall–Kier alpha value is -1.26. The third kappa shape index (κ3) is 2.90. The van der Waals surface area contributed by atoms with Gasteiger partial charge >= 0.3 is 0 Å². The minimum atomic E-state index is 0.149. The lowest BCUT2D eigenvalue weighted by Crippen LogP contribution is -2.07. The molecule has 0 saturated heterocycles. The summed E-state index contributed by atoms with van der Waals surface area (Å²) in [6, 6.07) is 7.78. The number of hydrogen-bond acceptors (Lipinski definition) is 4.